The third-order valence-corrected chi connectivity index (χ3v) is 8.36. The number of hydrogen-bond acceptors (Lipinski definition) is 12. The molecule has 3 aromatic carbocycles. The van der Waals surface area contributed by atoms with Crippen molar-refractivity contribution in [3.63, 3.8) is 0 Å². The number of benzene rings is 3. The summed E-state index contributed by atoms with van der Waals surface area (Å²) in [7, 11) is 0. The summed E-state index contributed by atoms with van der Waals surface area (Å²) in [5, 5.41) is 14.2. The van der Waals surface area contributed by atoms with Gasteiger partial charge < -0.3 is 34.2 Å². The van der Waals surface area contributed by atoms with Crippen LogP contribution in [0.2, 0.25) is 0 Å². The fourth-order valence-electron chi connectivity index (χ4n) is 6.06. The smallest absolute Gasteiger partial charge is 0.352 e. The minimum atomic E-state index is -2.43. The Kier molecular flexibility index (Phi) is 9.07. The van der Waals surface area contributed by atoms with Crippen LogP contribution in [0.5, 0.6) is 0 Å². The van der Waals surface area contributed by atoms with Crippen LogP contribution in [0.25, 0.3) is 5.52 Å². The first-order chi connectivity index (χ1) is 24.4. The zero-order valence-electron chi connectivity index (χ0n) is 26.6. The third-order valence-electron chi connectivity index (χ3n) is 8.36. The molecular weight excluding hydrogens is 642 g/mol. The first kappa shape index (κ1) is 32.6. The average Bonchev–Trinajstić information content (AvgIpc) is 3.68. The van der Waals surface area contributed by atoms with E-state index in [1.807, 2.05) is 91.0 Å². The fourth-order valence-corrected chi connectivity index (χ4v) is 6.06. The number of ether oxygens (including phenoxy) is 6. The van der Waals surface area contributed by atoms with Gasteiger partial charge in [0.25, 0.3) is 0 Å². The minimum absolute atomic E-state index is 0.0192. The summed E-state index contributed by atoms with van der Waals surface area (Å²) in [6.45, 7) is -0.0463. The van der Waals surface area contributed by atoms with Gasteiger partial charge in [0.15, 0.2) is 11.9 Å². The van der Waals surface area contributed by atoms with Gasteiger partial charge in [0.1, 0.15) is 35.3 Å². The lowest BCUT2D eigenvalue weighted by atomic mass is 9.95. The molecule has 1 saturated heterocycles. The van der Waals surface area contributed by atoms with Crippen molar-refractivity contribution >= 4 is 23.3 Å². The normalized spacial score (nSPS) is 24.3. The monoisotopic (exact) mass is 673 g/mol. The molecule has 4 atom stereocenters. The highest BCUT2D eigenvalue weighted by atomic mass is 16.8. The summed E-state index contributed by atoms with van der Waals surface area (Å²) in [5.41, 5.74) is 8.36. The van der Waals surface area contributed by atoms with Crippen molar-refractivity contribution in [1.82, 2.24) is 14.6 Å². The van der Waals surface area contributed by atoms with E-state index in [4.69, 9.17) is 34.2 Å². The zero-order valence-corrected chi connectivity index (χ0v) is 26.6. The Balaban J connectivity index is 1.42. The molecule has 0 aliphatic carbocycles. The quantitative estimate of drug-likeness (QED) is 0.199. The number of esters is 2. The van der Waals surface area contributed by atoms with Gasteiger partial charge in [0.2, 0.25) is 0 Å². The molecule has 5 aromatic rings. The molecule has 50 heavy (non-hydrogen) atoms. The zero-order chi connectivity index (χ0) is 34.6. The molecule has 0 spiro atoms. The summed E-state index contributed by atoms with van der Waals surface area (Å²) in [5.74, 6) is -6.89. The molecule has 0 amide bonds. The van der Waals surface area contributed by atoms with Crippen LogP contribution in [0.4, 0.5) is 5.82 Å². The van der Waals surface area contributed by atoms with Gasteiger partial charge in [0, 0.05) is 6.08 Å². The van der Waals surface area contributed by atoms with Gasteiger partial charge in [-0.25, -0.2) is 19.1 Å². The number of aromatic nitrogens is 3. The van der Waals surface area contributed by atoms with E-state index in [1.165, 1.54) is 10.8 Å². The molecule has 13 heteroatoms. The predicted octanol–water partition coefficient (Wildman–Crippen LogP) is 4.13. The standard InChI is InChI=1S/C37H31N5O8/c38-19-28-18-32(43)49-37(47-22-27-14-8-3-9-15-27)33(46-21-26-12-6-2-7-13-26)30(23-45-20-25-10-4-1-5-11-25)48-36(37,50-35(28)44)31-17-16-29-34(39)40-24-41-42(29)31/h1-18,24,30,33H,20-23H2,(H2,39,40,41)/b28-18-/t30-,33-,36+,37-/m1/s1. The largest absolute Gasteiger partial charge is 0.419 e. The van der Waals surface area contributed by atoms with Gasteiger partial charge in [0.05, 0.1) is 26.4 Å². The Hall–Kier alpha value is -5.91. The van der Waals surface area contributed by atoms with Crippen LogP contribution >= 0.6 is 0 Å². The molecule has 2 aliphatic heterocycles. The van der Waals surface area contributed by atoms with E-state index in [-0.39, 0.29) is 37.9 Å². The van der Waals surface area contributed by atoms with E-state index in [0.29, 0.717) is 11.1 Å². The van der Waals surface area contributed by atoms with Crippen molar-refractivity contribution in [3.8, 4) is 6.07 Å². The van der Waals surface area contributed by atoms with E-state index in [0.717, 1.165) is 17.2 Å². The maximum absolute atomic E-state index is 13.8. The first-order valence-corrected chi connectivity index (χ1v) is 15.7. The summed E-state index contributed by atoms with van der Waals surface area (Å²) < 4.78 is 40.0. The van der Waals surface area contributed by atoms with E-state index < -0.39 is 41.3 Å². The van der Waals surface area contributed by atoms with Gasteiger partial charge >= 0.3 is 23.5 Å². The Morgan fingerprint density at radius 2 is 1.48 bits per heavy atom. The molecule has 2 aliphatic rings. The van der Waals surface area contributed by atoms with E-state index in [2.05, 4.69) is 10.1 Å². The second-order valence-corrected chi connectivity index (χ2v) is 11.6. The second kappa shape index (κ2) is 13.9. The number of fused-ring (bicyclic) bond motifs is 2. The molecule has 2 N–H and O–H groups in total. The molecule has 0 bridgehead atoms. The van der Waals surface area contributed by atoms with E-state index in [9.17, 15) is 14.9 Å². The summed E-state index contributed by atoms with van der Waals surface area (Å²) in [6, 6.07) is 32.8. The number of nitriles is 1. The van der Waals surface area contributed by atoms with Crippen LogP contribution in [-0.4, -0.2) is 51.1 Å². The van der Waals surface area contributed by atoms with Gasteiger partial charge in [-0.2, -0.15) is 10.4 Å². The van der Waals surface area contributed by atoms with E-state index in [1.54, 1.807) is 18.2 Å². The maximum atomic E-state index is 13.8. The van der Waals surface area contributed by atoms with Crippen molar-refractivity contribution in [1.29, 1.82) is 5.26 Å². The van der Waals surface area contributed by atoms with Gasteiger partial charge in [-0.3, -0.25) is 0 Å². The molecular formula is C37H31N5O8. The molecule has 4 heterocycles. The maximum Gasteiger partial charge on any atom is 0.352 e. The lowest BCUT2D eigenvalue weighted by molar-refractivity contribution is -0.379. The number of nitrogens with zero attached hydrogens (tertiary/aromatic N) is 4. The molecule has 7 rings (SSSR count). The summed E-state index contributed by atoms with van der Waals surface area (Å²) in [4.78, 5) is 31.6. The fraction of sp³-hybridized carbons (Fsp3) is 0.216. The van der Waals surface area contributed by atoms with Crippen LogP contribution in [0.15, 0.2) is 121 Å². The number of carbonyl (C=O) groups excluding carboxylic acids is 2. The number of carbonyl (C=O) groups is 2. The van der Waals surface area contributed by atoms with Crippen LogP contribution in [-0.2, 0) is 63.6 Å². The van der Waals surface area contributed by atoms with Crippen molar-refractivity contribution in [3.05, 3.63) is 143 Å². The first-order valence-electron chi connectivity index (χ1n) is 15.7. The van der Waals surface area contributed by atoms with Crippen LogP contribution in [0.1, 0.15) is 22.4 Å². The number of anilines is 1. The molecule has 252 valence electrons. The topological polar surface area (TPSA) is 170 Å². The number of nitrogens with two attached hydrogens (primary N) is 1. The Morgan fingerprint density at radius 1 is 0.840 bits per heavy atom. The predicted molar refractivity (Wildman–Crippen MR) is 175 cm³/mol. The third kappa shape index (κ3) is 6.08. The summed E-state index contributed by atoms with van der Waals surface area (Å²) >= 11 is 0. The van der Waals surface area contributed by atoms with Gasteiger partial charge in [-0.05, 0) is 28.8 Å². The molecule has 0 saturated carbocycles. The minimum Gasteiger partial charge on any atom is -0.419 e. The number of rotatable bonds is 11. The van der Waals surface area contributed by atoms with Crippen molar-refractivity contribution < 1.29 is 38.0 Å². The SMILES string of the molecule is N#C/C1=C/C(=O)O[C@]2(OCc3ccccc3)[C@H](OCc3ccccc3)[C@@H](COCc3ccccc3)O[C@@]2(c2ccc3c(N)ncnn23)OC1=O. The highest BCUT2D eigenvalue weighted by Crippen LogP contribution is 2.54. The lowest BCUT2D eigenvalue weighted by Crippen LogP contribution is -2.62. The molecule has 13 nitrogen and oxygen atoms in total. The summed E-state index contributed by atoms with van der Waals surface area (Å²) in [6.07, 6.45) is -0.414. The van der Waals surface area contributed by atoms with Crippen molar-refractivity contribution in [2.75, 3.05) is 12.3 Å². The highest BCUT2D eigenvalue weighted by molar-refractivity contribution is 6.00. The molecule has 2 aromatic heterocycles. The van der Waals surface area contributed by atoms with Crippen LogP contribution < -0.4 is 5.73 Å². The molecule has 0 unspecified atom stereocenters. The number of nitrogen functional groups attached to an aromatic ring is 1. The van der Waals surface area contributed by atoms with E-state index >= 15 is 0 Å². The van der Waals surface area contributed by atoms with Crippen LogP contribution in [0, 0.1) is 11.3 Å². The lowest BCUT2D eigenvalue weighted by Gasteiger charge is -2.43. The Bertz CT molecular complexity index is 2070. The van der Waals surface area contributed by atoms with Gasteiger partial charge in [-0.15, -0.1) is 0 Å². The second-order valence-electron chi connectivity index (χ2n) is 11.6. The van der Waals surface area contributed by atoms with Crippen molar-refractivity contribution in [2.24, 2.45) is 0 Å². The van der Waals surface area contributed by atoms with Gasteiger partial charge in [-0.1, -0.05) is 91.0 Å². The Labute approximate surface area is 286 Å². The Morgan fingerprint density at radius 3 is 2.14 bits per heavy atom. The molecule has 1 fully saturated rings. The average molecular weight is 674 g/mol. The number of hydrogen-bond donors (Lipinski definition) is 1. The molecule has 0 radical (unpaired) electrons. The van der Waals surface area contributed by atoms with Crippen molar-refractivity contribution in [2.45, 2.75) is 43.6 Å². The highest BCUT2D eigenvalue weighted by Gasteiger charge is 2.76. The van der Waals surface area contributed by atoms with Crippen LogP contribution in [0.3, 0.4) is 0 Å².